The molecule has 0 bridgehead atoms. The third-order valence-corrected chi connectivity index (χ3v) is 3.57. The Kier molecular flexibility index (Phi) is 3.82. The number of ether oxygens (including phenoxy) is 1. The second-order valence-corrected chi connectivity index (χ2v) is 6.33. The molecule has 5 nitrogen and oxygen atoms in total. The number of hydrogen-bond acceptors (Lipinski definition) is 4. The summed E-state index contributed by atoms with van der Waals surface area (Å²) in [4.78, 5) is 16.4. The van der Waals surface area contributed by atoms with Gasteiger partial charge in [0.1, 0.15) is 5.60 Å². The molecule has 2 heterocycles. The van der Waals surface area contributed by atoms with Crippen LogP contribution in [0.25, 0.3) is 0 Å². The van der Waals surface area contributed by atoms with E-state index >= 15 is 0 Å². The summed E-state index contributed by atoms with van der Waals surface area (Å²) >= 11 is 0. The molecule has 1 amide bonds. The average molecular weight is 255 g/mol. The van der Waals surface area contributed by atoms with Gasteiger partial charge in [-0.2, -0.15) is 0 Å². The zero-order valence-corrected chi connectivity index (χ0v) is 11.9. The smallest absolute Gasteiger partial charge is 0.410 e. The summed E-state index contributed by atoms with van der Waals surface area (Å²) in [6.45, 7) is 12.5. The minimum atomic E-state index is -0.410. The van der Waals surface area contributed by atoms with Crippen LogP contribution in [0.3, 0.4) is 0 Å². The van der Waals surface area contributed by atoms with Gasteiger partial charge in [-0.1, -0.05) is 0 Å². The molecule has 2 aliphatic rings. The fourth-order valence-corrected chi connectivity index (χ4v) is 2.70. The standard InChI is InChI=1S/C13H25N3O2/c1-10-7-14-8-11-9-15(5-6-16(10)11)12(17)18-13(2,3)4/h10-11,14H,5-9H2,1-4H3/t10-,11+/m1/s1. The first kappa shape index (κ1) is 13.6. The summed E-state index contributed by atoms with van der Waals surface area (Å²) in [5, 5.41) is 3.42. The van der Waals surface area contributed by atoms with E-state index in [0.29, 0.717) is 12.1 Å². The first-order chi connectivity index (χ1) is 8.37. The van der Waals surface area contributed by atoms with Crippen LogP contribution in [0.4, 0.5) is 4.79 Å². The first-order valence-corrected chi connectivity index (χ1v) is 6.81. The van der Waals surface area contributed by atoms with Crippen molar-refractivity contribution >= 4 is 6.09 Å². The maximum absolute atomic E-state index is 12.0. The topological polar surface area (TPSA) is 44.8 Å². The lowest BCUT2D eigenvalue weighted by atomic mass is 10.1. The minimum absolute atomic E-state index is 0.180. The third kappa shape index (κ3) is 3.14. The van der Waals surface area contributed by atoms with E-state index in [-0.39, 0.29) is 6.09 Å². The molecule has 5 heteroatoms. The molecular weight excluding hydrogens is 230 g/mol. The molecule has 0 aromatic carbocycles. The molecule has 2 rings (SSSR count). The van der Waals surface area contributed by atoms with E-state index in [1.807, 2.05) is 25.7 Å². The predicted octanol–water partition coefficient (Wildman–Crippen LogP) is 0.899. The molecule has 2 atom stereocenters. The number of hydrogen-bond donors (Lipinski definition) is 1. The summed E-state index contributed by atoms with van der Waals surface area (Å²) in [6.07, 6.45) is -0.180. The van der Waals surface area contributed by atoms with Gasteiger partial charge in [0, 0.05) is 44.8 Å². The molecule has 0 radical (unpaired) electrons. The van der Waals surface area contributed by atoms with Gasteiger partial charge in [0.05, 0.1) is 0 Å². The van der Waals surface area contributed by atoms with Crippen LogP contribution in [0.2, 0.25) is 0 Å². The van der Waals surface area contributed by atoms with Crippen LogP contribution < -0.4 is 5.32 Å². The van der Waals surface area contributed by atoms with Crippen molar-refractivity contribution in [3.05, 3.63) is 0 Å². The van der Waals surface area contributed by atoms with E-state index in [2.05, 4.69) is 17.1 Å². The Bertz CT molecular complexity index is 314. The molecular formula is C13H25N3O2. The lowest BCUT2D eigenvalue weighted by Crippen LogP contribution is -2.65. The van der Waals surface area contributed by atoms with Gasteiger partial charge in [-0.15, -0.1) is 0 Å². The molecule has 2 aliphatic heterocycles. The molecule has 0 aliphatic carbocycles. The highest BCUT2D eigenvalue weighted by molar-refractivity contribution is 5.68. The largest absolute Gasteiger partial charge is 0.444 e. The van der Waals surface area contributed by atoms with Crippen molar-refractivity contribution in [2.75, 3.05) is 32.7 Å². The van der Waals surface area contributed by atoms with Crippen molar-refractivity contribution in [3.63, 3.8) is 0 Å². The van der Waals surface area contributed by atoms with Crippen molar-refractivity contribution < 1.29 is 9.53 Å². The summed E-state index contributed by atoms with van der Waals surface area (Å²) in [7, 11) is 0. The van der Waals surface area contributed by atoms with Gasteiger partial charge in [-0.25, -0.2) is 4.79 Å². The van der Waals surface area contributed by atoms with Crippen LogP contribution >= 0.6 is 0 Å². The van der Waals surface area contributed by atoms with Crippen LogP contribution in [0.5, 0.6) is 0 Å². The molecule has 2 fully saturated rings. The molecule has 0 saturated carbocycles. The van der Waals surface area contributed by atoms with Crippen molar-refractivity contribution in [2.45, 2.75) is 45.4 Å². The van der Waals surface area contributed by atoms with E-state index in [1.54, 1.807) is 0 Å². The number of carbonyl (C=O) groups is 1. The van der Waals surface area contributed by atoms with Gasteiger partial charge in [0.2, 0.25) is 0 Å². The Balaban J connectivity index is 1.92. The van der Waals surface area contributed by atoms with Crippen molar-refractivity contribution in [2.24, 2.45) is 0 Å². The lowest BCUT2D eigenvalue weighted by molar-refractivity contribution is -0.00977. The van der Waals surface area contributed by atoms with E-state index in [1.165, 1.54) is 0 Å². The highest BCUT2D eigenvalue weighted by atomic mass is 16.6. The van der Waals surface area contributed by atoms with Crippen LogP contribution in [0, 0.1) is 0 Å². The maximum atomic E-state index is 12.0. The Morgan fingerprint density at radius 1 is 1.28 bits per heavy atom. The highest BCUT2D eigenvalue weighted by Crippen LogP contribution is 2.18. The molecule has 0 spiro atoms. The Labute approximate surface area is 109 Å². The first-order valence-electron chi connectivity index (χ1n) is 6.81. The number of fused-ring (bicyclic) bond motifs is 1. The summed E-state index contributed by atoms with van der Waals surface area (Å²) < 4.78 is 5.43. The number of carbonyl (C=O) groups excluding carboxylic acids is 1. The predicted molar refractivity (Wildman–Crippen MR) is 70.6 cm³/mol. The zero-order valence-electron chi connectivity index (χ0n) is 11.9. The zero-order chi connectivity index (χ0) is 13.3. The van der Waals surface area contributed by atoms with Gasteiger partial charge in [0.25, 0.3) is 0 Å². The second-order valence-electron chi connectivity index (χ2n) is 6.33. The summed E-state index contributed by atoms with van der Waals surface area (Å²) in [6, 6.07) is 0.986. The van der Waals surface area contributed by atoms with E-state index in [4.69, 9.17) is 4.74 Å². The number of amides is 1. The Morgan fingerprint density at radius 3 is 2.67 bits per heavy atom. The molecule has 0 aromatic heterocycles. The number of piperazine rings is 2. The van der Waals surface area contributed by atoms with E-state index in [9.17, 15) is 4.79 Å². The second kappa shape index (κ2) is 5.05. The van der Waals surface area contributed by atoms with Crippen molar-refractivity contribution in [1.82, 2.24) is 15.1 Å². The third-order valence-electron chi connectivity index (χ3n) is 3.57. The minimum Gasteiger partial charge on any atom is -0.444 e. The van der Waals surface area contributed by atoms with Crippen molar-refractivity contribution in [3.8, 4) is 0 Å². The number of rotatable bonds is 0. The number of nitrogens with zero attached hydrogens (tertiary/aromatic N) is 2. The fourth-order valence-electron chi connectivity index (χ4n) is 2.70. The lowest BCUT2D eigenvalue weighted by Gasteiger charge is -2.47. The van der Waals surface area contributed by atoms with Crippen molar-refractivity contribution in [1.29, 1.82) is 0 Å². The number of nitrogens with one attached hydrogen (secondary N) is 1. The van der Waals surface area contributed by atoms with E-state index in [0.717, 1.165) is 32.7 Å². The quantitative estimate of drug-likeness (QED) is 0.698. The van der Waals surface area contributed by atoms with Gasteiger partial charge >= 0.3 is 6.09 Å². The molecule has 1 N–H and O–H groups in total. The van der Waals surface area contributed by atoms with Crippen LogP contribution in [-0.2, 0) is 4.74 Å². The van der Waals surface area contributed by atoms with Gasteiger partial charge < -0.3 is 15.0 Å². The molecule has 18 heavy (non-hydrogen) atoms. The van der Waals surface area contributed by atoms with Crippen LogP contribution in [-0.4, -0.2) is 66.3 Å². The molecule has 104 valence electrons. The highest BCUT2D eigenvalue weighted by Gasteiger charge is 2.35. The summed E-state index contributed by atoms with van der Waals surface area (Å²) in [5.74, 6) is 0. The van der Waals surface area contributed by atoms with Gasteiger partial charge in [-0.05, 0) is 27.7 Å². The monoisotopic (exact) mass is 255 g/mol. The maximum Gasteiger partial charge on any atom is 0.410 e. The van der Waals surface area contributed by atoms with Gasteiger partial charge in [-0.3, -0.25) is 4.90 Å². The Hall–Kier alpha value is -0.810. The van der Waals surface area contributed by atoms with Crippen LogP contribution in [0.1, 0.15) is 27.7 Å². The van der Waals surface area contributed by atoms with Gasteiger partial charge in [0.15, 0.2) is 0 Å². The van der Waals surface area contributed by atoms with Crippen LogP contribution in [0.15, 0.2) is 0 Å². The van der Waals surface area contributed by atoms with E-state index < -0.39 is 5.60 Å². The molecule has 2 saturated heterocycles. The SMILES string of the molecule is C[C@@H]1CNC[C@H]2CN(C(=O)OC(C)(C)C)CCN21. The fraction of sp³-hybridized carbons (Fsp3) is 0.923. The normalized spacial score (nSPS) is 29.9. The molecule has 0 aromatic rings. The summed E-state index contributed by atoms with van der Waals surface area (Å²) in [5.41, 5.74) is -0.410. The molecule has 0 unspecified atom stereocenters. The average Bonchev–Trinajstić information content (AvgIpc) is 2.26. The Morgan fingerprint density at radius 2 is 2.00 bits per heavy atom.